The van der Waals surface area contributed by atoms with E-state index in [1.165, 1.54) is 6.92 Å². The molecule has 30 heavy (non-hydrogen) atoms. The third-order valence-electron chi connectivity index (χ3n) is 3.71. The van der Waals surface area contributed by atoms with Crippen molar-refractivity contribution in [2.45, 2.75) is 6.92 Å². The smallest absolute Gasteiger partial charge is 0.236 e. The lowest BCUT2D eigenvalue weighted by Gasteiger charge is -2.05. The number of aromatic amines is 1. The van der Waals surface area contributed by atoms with Crippen LogP contribution in [0.3, 0.4) is 0 Å². The molecule has 0 aliphatic rings. The molecule has 0 aliphatic heterocycles. The fourth-order valence-corrected chi connectivity index (χ4v) is 2.67. The van der Waals surface area contributed by atoms with E-state index in [-0.39, 0.29) is 5.91 Å². The molecular formula is C21H19N7OS. The number of carbonyl (C=O) groups excluding carboxylic acids is 1. The average Bonchev–Trinajstić information content (AvgIpc) is 3.17. The van der Waals surface area contributed by atoms with Crippen molar-refractivity contribution in [2.24, 2.45) is 5.10 Å². The average molecular weight is 417 g/mol. The first-order chi connectivity index (χ1) is 14.6. The molecule has 1 amide bonds. The fourth-order valence-electron chi connectivity index (χ4n) is 2.44. The molecule has 2 aromatic carbocycles. The van der Waals surface area contributed by atoms with E-state index in [4.69, 9.17) is 12.2 Å². The topological polar surface area (TPSA) is 101 Å². The number of carbonyl (C=O) groups is 1. The van der Waals surface area contributed by atoms with Crippen molar-refractivity contribution in [3.63, 3.8) is 0 Å². The van der Waals surface area contributed by atoms with E-state index in [1.54, 1.807) is 24.8 Å². The number of H-pyrrole nitrogens is 1. The Morgan fingerprint density at radius 3 is 2.43 bits per heavy atom. The molecule has 0 aliphatic carbocycles. The second-order valence-electron chi connectivity index (χ2n) is 5.95. The molecule has 0 unspecified atom stereocenters. The van der Waals surface area contributed by atoms with Gasteiger partial charge in [0.2, 0.25) is 5.91 Å². The lowest BCUT2D eigenvalue weighted by molar-refractivity contribution is -0.118. The van der Waals surface area contributed by atoms with Crippen molar-refractivity contribution in [2.75, 3.05) is 0 Å². The second kappa shape index (κ2) is 10.5. The SMILES string of the molecule is CC(=O)N/N=C/c1ccccc1.S=c1[nH]nc(-c2cnccn2)n1-c1ccccc1. The molecule has 0 spiro atoms. The Balaban J connectivity index is 0.000000187. The Morgan fingerprint density at radius 1 is 1.10 bits per heavy atom. The van der Waals surface area contributed by atoms with E-state index >= 15 is 0 Å². The lowest BCUT2D eigenvalue weighted by atomic mass is 10.2. The number of aromatic nitrogens is 5. The zero-order valence-electron chi connectivity index (χ0n) is 16.1. The first-order valence-corrected chi connectivity index (χ1v) is 9.40. The molecule has 0 radical (unpaired) electrons. The van der Waals surface area contributed by atoms with Crippen molar-refractivity contribution in [3.8, 4) is 17.2 Å². The van der Waals surface area contributed by atoms with Gasteiger partial charge < -0.3 is 0 Å². The summed E-state index contributed by atoms with van der Waals surface area (Å²) >= 11 is 5.25. The van der Waals surface area contributed by atoms with Crippen LogP contribution in [0.2, 0.25) is 0 Å². The monoisotopic (exact) mass is 417 g/mol. The summed E-state index contributed by atoms with van der Waals surface area (Å²) < 4.78 is 2.36. The maximum absolute atomic E-state index is 10.4. The van der Waals surface area contributed by atoms with Crippen LogP contribution in [0.5, 0.6) is 0 Å². The predicted molar refractivity (Wildman–Crippen MR) is 118 cm³/mol. The van der Waals surface area contributed by atoms with Gasteiger partial charge in [-0.1, -0.05) is 48.5 Å². The number of hydrogen-bond donors (Lipinski definition) is 2. The molecular weight excluding hydrogens is 398 g/mol. The first-order valence-electron chi connectivity index (χ1n) is 8.99. The normalized spacial score (nSPS) is 10.3. The van der Waals surface area contributed by atoms with Gasteiger partial charge in [0.1, 0.15) is 5.69 Å². The highest BCUT2D eigenvalue weighted by atomic mass is 32.1. The summed E-state index contributed by atoms with van der Waals surface area (Å²) in [6.07, 6.45) is 6.51. The summed E-state index contributed by atoms with van der Waals surface area (Å²) in [5.74, 6) is 0.487. The molecule has 0 bridgehead atoms. The fraction of sp³-hybridized carbons (Fsp3) is 0.0476. The Hall–Kier alpha value is -3.98. The Morgan fingerprint density at radius 2 is 1.80 bits per heavy atom. The molecule has 0 saturated heterocycles. The first kappa shape index (κ1) is 20.7. The van der Waals surface area contributed by atoms with Gasteiger partial charge in [0.15, 0.2) is 10.6 Å². The van der Waals surface area contributed by atoms with Crippen LogP contribution in [-0.4, -0.2) is 36.9 Å². The number of hydrazone groups is 1. The number of nitrogens with zero attached hydrogens (tertiary/aromatic N) is 5. The van der Waals surface area contributed by atoms with Crippen molar-refractivity contribution < 1.29 is 4.79 Å². The van der Waals surface area contributed by atoms with Gasteiger partial charge in [-0.2, -0.15) is 10.2 Å². The van der Waals surface area contributed by atoms with Crippen LogP contribution in [0.25, 0.3) is 17.2 Å². The molecule has 2 heterocycles. The van der Waals surface area contributed by atoms with Gasteiger partial charge in [-0.15, -0.1) is 0 Å². The van der Waals surface area contributed by atoms with Gasteiger partial charge in [0.05, 0.1) is 18.1 Å². The third kappa shape index (κ3) is 5.76. The minimum Gasteiger partial charge on any atom is -0.274 e. The quantitative estimate of drug-likeness (QED) is 0.300. The van der Waals surface area contributed by atoms with Crippen molar-refractivity contribution in [3.05, 3.63) is 89.6 Å². The van der Waals surface area contributed by atoms with Crippen LogP contribution in [0.1, 0.15) is 12.5 Å². The Bertz CT molecular complexity index is 1160. The second-order valence-corrected chi connectivity index (χ2v) is 6.34. The zero-order chi connectivity index (χ0) is 21.2. The van der Waals surface area contributed by atoms with Crippen LogP contribution < -0.4 is 5.43 Å². The summed E-state index contributed by atoms with van der Waals surface area (Å²) in [5.41, 5.74) is 4.90. The summed E-state index contributed by atoms with van der Waals surface area (Å²) in [6, 6.07) is 19.3. The van der Waals surface area contributed by atoms with Gasteiger partial charge in [-0.05, 0) is 29.9 Å². The molecule has 8 nitrogen and oxygen atoms in total. The van der Waals surface area contributed by atoms with Gasteiger partial charge >= 0.3 is 0 Å². The number of rotatable bonds is 4. The molecule has 0 atom stereocenters. The maximum Gasteiger partial charge on any atom is 0.236 e. The van der Waals surface area contributed by atoms with Gasteiger partial charge in [-0.3, -0.25) is 19.4 Å². The summed E-state index contributed by atoms with van der Waals surface area (Å²) in [4.78, 5) is 18.7. The summed E-state index contributed by atoms with van der Waals surface area (Å²) in [7, 11) is 0. The number of amides is 1. The number of hydrogen-bond acceptors (Lipinski definition) is 6. The van der Waals surface area contributed by atoms with E-state index in [9.17, 15) is 4.79 Å². The molecule has 2 N–H and O–H groups in total. The minimum absolute atomic E-state index is 0.165. The standard InChI is InChI=1S/C12H9N5S.C9H10N2O/c18-12-16-15-11(10-8-13-6-7-14-10)17(12)9-4-2-1-3-5-9;1-8(12)11-10-7-9-5-3-2-4-6-9/h1-8H,(H,16,18);2-7H,1H3,(H,11,12)/b;10-7+. The Kier molecular flexibility index (Phi) is 7.28. The van der Waals surface area contributed by atoms with Gasteiger partial charge in [0, 0.05) is 19.3 Å². The number of para-hydroxylation sites is 1. The van der Waals surface area contributed by atoms with Crippen molar-refractivity contribution in [1.29, 1.82) is 0 Å². The van der Waals surface area contributed by atoms with Crippen LogP contribution in [-0.2, 0) is 4.79 Å². The minimum atomic E-state index is -0.165. The number of nitrogens with one attached hydrogen (secondary N) is 2. The molecule has 0 saturated carbocycles. The van der Waals surface area contributed by atoms with Crippen LogP contribution in [0.15, 0.2) is 84.4 Å². The lowest BCUT2D eigenvalue weighted by Crippen LogP contribution is -2.12. The Labute approximate surface area is 178 Å². The molecule has 2 aromatic heterocycles. The van der Waals surface area contributed by atoms with E-state index in [1.807, 2.05) is 65.2 Å². The largest absolute Gasteiger partial charge is 0.274 e. The van der Waals surface area contributed by atoms with Crippen molar-refractivity contribution >= 4 is 24.3 Å². The zero-order valence-corrected chi connectivity index (χ0v) is 17.0. The van der Waals surface area contributed by atoms with E-state index in [2.05, 4.69) is 30.7 Å². The molecule has 0 fully saturated rings. The summed E-state index contributed by atoms with van der Waals surface area (Å²) in [5, 5.41) is 10.7. The summed E-state index contributed by atoms with van der Waals surface area (Å²) in [6.45, 7) is 1.42. The highest BCUT2D eigenvalue weighted by Gasteiger charge is 2.11. The number of benzene rings is 2. The van der Waals surface area contributed by atoms with Gasteiger partial charge in [-0.25, -0.2) is 10.4 Å². The highest BCUT2D eigenvalue weighted by molar-refractivity contribution is 7.71. The maximum atomic E-state index is 10.4. The molecule has 4 aromatic rings. The third-order valence-corrected chi connectivity index (χ3v) is 3.99. The van der Waals surface area contributed by atoms with Crippen LogP contribution >= 0.6 is 12.2 Å². The predicted octanol–water partition coefficient (Wildman–Crippen LogP) is 3.54. The van der Waals surface area contributed by atoms with Gasteiger partial charge in [0.25, 0.3) is 0 Å². The van der Waals surface area contributed by atoms with E-state index in [0.717, 1.165) is 11.3 Å². The molecule has 9 heteroatoms. The van der Waals surface area contributed by atoms with E-state index < -0.39 is 0 Å². The molecule has 150 valence electrons. The van der Waals surface area contributed by atoms with Crippen molar-refractivity contribution in [1.82, 2.24) is 30.2 Å². The van der Waals surface area contributed by atoms with E-state index in [0.29, 0.717) is 16.3 Å². The van der Waals surface area contributed by atoms with Crippen LogP contribution in [0, 0.1) is 4.77 Å². The van der Waals surface area contributed by atoms with Crippen LogP contribution in [0.4, 0.5) is 0 Å². The molecule has 4 rings (SSSR count). The highest BCUT2D eigenvalue weighted by Crippen LogP contribution is 2.18.